The van der Waals surface area contributed by atoms with Crippen molar-refractivity contribution in [2.45, 2.75) is 50.0 Å². The van der Waals surface area contributed by atoms with Gasteiger partial charge in [0.05, 0.1) is 30.1 Å². The van der Waals surface area contributed by atoms with E-state index >= 15 is 0 Å². The number of likely N-dealkylation sites (tertiary alicyclic amines) is 1. The van der Waals surface area contributed by atoms with Crippen LogP contribution < -0.4 is 22.7 Å². The molecule has 13 nitrogen and oxygen atoms in total. The summed E-state index contributed by atoms with van der Waals surface area (Å²) in [6.07, 6.45) is 0.172. The van der Waals surface area contributed by atoms with Crippen LogP contribution in [-0.2, 0) is 23.7 Å². The van der Waals surface area contributed by atoms with Crippen molar-refractivity contribution in [2.24, 2.45) is 25.6 Å². The van der Waals surface area contributed by atoms with Gasteiger partial charge in [0.25, 0.3) is 5.56 Å². The van der Waals surface area contributed by atoms with Gasteiger partial charge in [-0.15, -0.1) is 12.4 Å². The van der Waals surface area contributed by atoms with Gasteiger partial charge < -0.3 is 31.1 Å². The molecule has 1 aliphatic rings. The van der Waals surface area contributed by atoms with E-state index in [1.807, 2.05) is 0 Å². The first-order valence-corrected chi connectivity index (χ1v) is 10.2. The van der Waals surface area contributed by atoms with Crippen molar-refractivity contribution in [3.8, 4) is 0 Å². The molecule has 184 valence electrons. The smallest absolute Gasteiger partial charge is 0.332 e. The van der Waals surface area contributed by atoms with E-state index in [4.69, 9.17) is 11.5 Å². The van der Waals surface area contributed by atoms with Crippen molar-refractivity contribution in [2.75, 3.05) is 13.1 Å². The highest BCUT2D eigenvalue weighted by atomic mass is 35.5. The van der Waals surface area contributed by atoms with Gasteiger partial charge in [0.2, 0.25) is 11.8 Å². The van der Waals surface area contributed by atoms with Crippen LogP contribution in [0, 0.1) is 0 Å². The summed E-state index contributed by atoms with van der Waals surface area (Å²) in [5, 5.41) is 21.6. The maximum atomic E-state index is 12.9. The molecule has 6 N–H and O–H groups in total. The number of hydrogen-bond acceptors (Lipinski definition) is 8. The molecule has 3 rings (SSSR count). The summed E-state index contributed by atoms with van der Waals surface area (Å²) in [5.74, 6) is -1.10. The number of aromatic nitrogens is 4. The second kappa shape index (κ2) is 9.63. The third-order valence-corrected chi connectivity index (χ3v) is 6.03. The van der Waals surface area contributed by atoms with Crippen molar-refractivity contribution < 1.29 is 19.8 Å². The topological polar surface area (TPSA) is 192 Å². The largest absolute Gasteiger partial charge is 0.391 e. The Morgan fingerprint density at radius 2 is 1.91 bits per heavy atom. The number of carbonyl (C=O) groups excluding carboxylic acids is 2. The highest BCUT2D eigenvalue weighted by molar-refractivity contribution is 5.85. The van der Waals surface area contributed by atoms with Crippen LogP contribution in [0.15, 0.2) is 15.9 Å². The van der Waals surface area contributed by atoms with Gasteiger partial charge in [0, 0.05) is 40.0 Å². The van der Waals surface area contributed by atoms with Crippen LogP contribution in [0.5, 0.6) is 0 Å². The number of halogens is 1. The fraction of sp³-hybridized carbons (Fsp3) is 0.632. The van der Waals surface area contributed by atoms with E-state index in [-0.39, 0.29) is 55.9 Å². The summed E-state index contributed by atoms with van der Waals surface area (Å²) in [6, 6.07) is -1.89. The van der Waals surface area contributed by atoms with Crippen LogP contribution in [-0.4, -0.2) is 76.4 Å². The standard InChI is InChI=1S/C19H29N7O6.ClH/c1-19(32)6-10(27)7-25(16(29)11(20)4-5-13(21)28)8-12(19)26-9-22-15-14(26)17(30)24(3)18(31)23(15)2;/h9-12,27,32H,4-8,20H2,1-3H3,(H2,21,28);1H/t10-,11-,12+,19+;/m0./s1. The number of aliphatic hydroxyl groups excluding tert-OH is 1. The minimum atomic E-state index is -1.53. The molecule has 33 heavy (non-hydrogen) atoms. The Kier molecular flexibility index (Phi) is 7.74. The number of nitrogens with zero attached hydrogens (tertiary/aromatic N) is 5. The lowest BCUT2D eigenvalue weighted by molar-refractivity contribution is -0.134. The number of imidazole rings is 1. The van der Waals surface area contributed by atoms with E-state index in [0.717, 1.165) is 4.57 Å². The highest BCUT2D eigenvalue weighted by Crippen LogP contribution is 2.33. The molecule has 0 aliphatic carbocycles. The molecule has 2 amide bonds. The van der Waals surface area contributed by atoms with Crippen molar-refractivity contribution in [1.29, 1.82) is 0 Å². The Morgan fingerprint density at radius 1 is 1.27 bits per heavy atom. The Labute approximate surface area is 195 Å². The summed E-state index contributed by atoms with van der Waals surface area (Å²) in [7, 11) is 2.81. The lowest BCUT2D eigenvalue weighted by atomic mass is 9.91. The predicted molar refractivity (Wildman–Crippen MR) is 121 cm³/mol. The Bertz CT molecular complexity index is 1170. The first kappa shape index (κ1) is 26.5. The molecule has 2 aromatic rings. The van der Waals surface area contributed by atoms with Crippen molar-refractivity contribution in [3.63, 3.8) is 0 Å². The molecule has 0 spiro atoms. The van der Waals surface area contributed by atoms with Crippen LogP contribution in [0.1, 0.15) is 32.2 Å². The van der Waals surface area contributed by atoms with Crippen LogP contribution in [0.4, 0.5) is 0 Å². The molecular weight excluding hydrogens is 458 g/mol. The summed E-state index contributed by atoms with van der Waals surface area (Å²) in [4.78, 5) is 54.6. The van der Waals surface area contributed by atoms with Crippen LogP contribution in [0.2, 0.25) is 0 Å². The summed E-state index contributed by atoms with van der Waals surface area (Å²) in [5.41, 5.74) is 8.62. The van der Waals surface area contributed by atoms with E-state index < -0.39 is 46.9 Å². The number of aryl methyl sites for hydroxylation is 1. The fourth-order valence-electron chi connectivity index (χ4n) is 4.24. The number of rotatable bonds is 5. The molecule has 4 atom stereocenters. The van der Waals surface area contributed by atoms with E-state index in [2.05, 4.69) is 4.98 Å². The van der Waals surface area contributed by atoms with Gasteiger partial charge in [0.15, 0.2) is 11.2 Å². The second-order valence-corrected chi connectivity index (χ2v) is 8.62. The van der Waals surface area contributed by atoms with E-state index in [0.29, 0.717) is 0 Å². The Morgan fingerprint density at radius 3 is 2.52 bits per heavy atom. The van der Waals surface area contributed by atoms with Crippen molar-refractivity contribution in [3.05, 3.63) is 27.2 Å². The summed E-state index contributed by atoms with van der Waals surface area (Å²) in [6.45, 7) is 1.34. The van der Waals surface area contributed by atoms with Crippen molar-refractivity contribution in [1.82, 2.24) is 23.6 Å². The van der Waals surface area contributed by atoms with E-state index in [1.54, 1.807) is 0 Å². The maximum Gasteiger partial charge on any atom is 0.332 e. The first-order chi connectivity index (χ1) is 14.8. The predicted octanol–water partition coefficient (Wildman–Crippen LogP) is -2.67. The monoisotopic (exact) mass is 487 g/mol. The summed E-state index contributed by atoms with van der Waals surface area (Å²) >= 11 is 0. The third-order valence-electron chi connectivity index (χ3n) is 6.03. The Balaban J connectivity index is 0.00000385. The minimum Gasteiger partial charge on any atom is -0.391 e. The molecule has 1 fully saturated rings. The number of aliphatic hydroxyl groups is 2. The van der Waals surface area contributed by atoms with Gasteiger partial charge in [-0.1, -0.05) is 0 Å². The normalized spacial score (nSPS) is 24.2. The number of primary amides is 1. The average molecular weight is 488 g/mol. The highest BCUT2D eigenvalue weighted by Gasteiger charge is 2.42. The van der Waals surface area contributed by atoms with Gasteiger partial charge in [-0.3, -0.25) is 23.5 Å². The summed E-state index contributed by atoms with van der Waals surface area (Å²) < 4.78 is 3.59. The molecule has 0 saturated carbocycles. The molecular formula is C19H30ClN7O6. The number of carbonyl (C=O) groups is 2. The molecule has 0 aromatic carbocycles. The molecule has 0 radical (unpaired) electrons. The fourth-order valence-corrected chi connectivity index (χ4v) is 4.24. The van der Waals surface area contributed by atoms with Gasteiger partial charge in [-0.2, -0.15) is 0 Å². The minimum absolute atomic E-state index is 0. The molecule has 14 heteroatoms. The van der Waals surface area contributed by atoms with Crippen molar-refractivity contribution >= 4 is 35.4 Å². The molecule has 3 heterocycles. The van der Waals surface area contributed by atoms with Gasteiger partial charge >= 0.3 is 5.69 Å². The molecule has 1 aliphatic heterocycles. The number of nitrogens with two attached hydrogens (primary N) is 2. The Hall–Kier alpha value is -2.74. The zero-order chi connectivity index (χ0) is 24.0. The lowest BCUT2D eigenvalue weighted by Gasteiger charge is -2.34. The number of fused-ring (bicyclic) bond motifs is 1. The first-order valence-electron chi connectivity index (χ1n) is 10.2. The number of β-amino-alcohol motifs (C(OH)–C–C–N with tert-alkyl or cyclic N) is 1. The van der Waals surface area contributed by atoms with Crippen LogP contribution in [0.25, 0.3) is 11.2 Å². The van der Waals surface area contributed by atoms with Crippen LogP contribution in [0.3, 0.4) is 0 Å². The molecule has 1 saturated heterocycles. The van der Waals surface area contributed by atoms with Gasteiger partial charge in [-0.05, 0) is 13.3 Å². The number of hydrogen-bond donors (Lipinski definition) is 4. The van der Waals surface area contributed by atoms with E-state index in [1.165, 1.54) is 41.4 Å². The average Bonchev–Trinajstić information content (AvgIpc) is 3.10. The zero-order valence-corrected chi connectivity index (χ0v) is 19.5. The second-order valence-electron chi connectivity index (χ2n) is 8.62. The molecule has 2 aromatic heterocycles. The van der Waals surface area contributed by atoms with Crippen LogP contribution >= 0.6 is 12.4 Å². The zero-order valence-electron chi connectivity index (χ0n) is 18.7. The SMILES string of the molecule is Cl.Cn1c(=O)c2c(ncn2[C@@H]2CN(C(=O)[C@@H](N)CCC(N)=O)C[C@@H](O)C[C@@]2(C)O)n(C)c1=O. The third kappa shape index (κ3) is 4.95. The lowest BCUT2D eigenvalue weighted by Crippen LogP contribution is -2.48. The van der Waals surface area contributed by atoms with Gasteiger partial charge in [-0.25, -0.2) is 9.78 Å². The molecule has 0 bridgehead atoms. The van der Waals surface area contributed by atoms with Gasteiger partial charge in [0.1, 0.15) is 0 Å². The quantitative estimate of drug-likeness (QED) is 0.350. The molecule has 0 unspecified atom stereocenters. The number of amides is 2. The maximum absolute atomic E-state index is 12.9. The van der Waals surface area contributed by atoms with E-state index in [9.17, 15) is 29.4 Å².